The molecule has 0 aromatic carbocycles. The summed E-state index contributed by atoms with van der Waals surface area (Å²) in [6.07, 6.45) is -0.835. The number of carboxylic acid groups (broad SMARTS) is 1. The van der Waals surface area contributed by atoms with Crippen molar-refractivity contribution in [3.63, 3.8) is 0 Å². The molecule has 1 saturated heterocycles. The van der Waals surface area contributed by atoms with Gasteiger partial charge in [-0.2, -0.15) is 0 Å². The summed E-state index contributed by atoms with van der Waals surface area (Å²) < 4.78 is 10.1. The standard InChI is InChI=1S/C10H16O5/c1-10(2,3)15-9(13)7-5-4-6(14-7)8(11)12/h6-7H,4-5H2,1-3H3,(H,11,12)/t6-,7-/m0/s1. The van der Waals surface area contributed by atoms with E-state index in [1.165, 1.54) is 0 Å². The predicted molar refractivity (Wildman–Crippen MR) is 51.4 cm³/mol. The van der Waals surface area contributed by atoms with E-state index >= 15 is 0 Å². The first-order valence-electron chi connectivity index (χ1n) is 4.91. The molecule has 0 bridgehead atoms. The van der Waals surface area contributed by atoms with E-state index in [2.05, 4.69) is 0 Å². The lowest BCUT2D eigenvalue weighted by atomic mass is 10.1. The smallest absolute Gasteiger partial charge is 0.335 e. The topological polar surface area (TPSA) is 72.8 Å². The molecular weight excluding hydrogens is 200 g/mol. The first-order chi connectivity index (χ1) is 6.79. The van der Waals surface area contributed by atoms with Crippen molar-refractivity contribution in [3.05, 3.63) is 0 Å². The second-order valence-corrected chi connectivity index (χ2v) is 4.56. The molecule has 0 amide bonds. The normalized spacial score (nSPS) is 26.3. The molecule has 86 valence electrons. The third kappa shape index (κ3) is 3.51. The maximum Gasteiger partial charge on any atom is 0.335 e. The zero-order valence-corrected chi connectivity index (χ0v) is 9.15. The number of hydrogen-bond donors (Lipinski definition) is 1. The van der Waals surface area contributed by atoms with Crippen LogP contribution < -0.4 is 0 Å². The summed E-state index contributed by atoms with van der Waals surface area (Å²) >= 11 is 0. The highest BCUT2D eigenvalue weighted by molar-refractivity contribution is 5.78. The highest BCUT2D eigenvalue weighted by Crippen LogP contribution is 2.22. The van der Waals surface area contributed by atoms with Gasteiger partial charge in [0.15, 0.2) is 12.2 Å². The predicted octanol–water partition coefficient (Wildman–Crippen LogP) is 0.960. The average Bonchev–Trinajstić information content (AvgIpc) is 2.47. The first kappa shape index (κ1) is 12.0. The van der Waals surface area contributed by atoms with Crippen LogP contribution in [0.3, 0.4) is 0 Å². The minimum Gasteiger partial charge on any atom is -0.479 e. The van der Waals surface area contributed by atoms with Crippen LogP contribution in [0.1, 0.15) is 33.6 Å². The van der Waals surface area contributed by atoms with Crippen LogP contribution in [0, 0.1) is 0 Å². The third-order valence-electron chi connectivity index (χ3n) is 1.96. The minimum atomic E-state index is -1.03. The molecule has 15 heavy (non-hydrogen) atoms. The van der Waals surface area contributed by atoms with Crippen molar-refractivity contribution < 1.29 is 24.2 Å². The number of rotatable bonds is 2. The van der Waals surface area contributed by atoms with E-state index in [0.29, 0.717) is 12.8 Å². The summed E-state index contributed by atoms with van der Waals surface area (Å²) in [5.41, 5.74) is -0.568. The van der Waals surface area contributed by atoms with Crippen molar-refractivity contribution in [2.24, 2.45) is 0 Å². The maximum atomic E-state index is 11.5. The van der Waals surface area contributed by atoms with E-state index in [1.807, 2.05) is 0 Å². The fraction of sp³-hybridized carbons (Fsp3) is 0.800. The van der Waals surface area contributed by atoms with Gasteiger partial charge in [-0.3, -0.25) is 0 Å². The molecule has 1 rings (SSSR count). The Morgan fingerprint density at radius 1 is 1.27 bits per heavy atom. The molecule has 1 heterocycles. The van der Waals surface area contributed by atoms with Gasteiger partial charge in [0.05, 0.1) is 0 Å². The van der Waals surface area contributed by atoms with Crippen molar-refractivity contribution in [3.8, 4) is 0 Å². The molecule has 0 aromatic rings. The van der Waals surface area contributed by atoms with Crippen molar-refractivity contribution in [1.82, 2.24) is 0 Å². The van der Waals surface area contributed by atoms with Gasteiger partial charge in [0, 0.05) is 0 Å². The SMILES string of the molecule is CC(C)(C)OC(=O)[C@@H]1CC[C@@H](C(=O)O)O1. The lowest BCUT2D eigenvalue weighted by Gasteiger charge is -2.21. The van der Waals surface area contributed by atoms with Gasteiger partial charge in [-0.15, -0.1) is 0 Å². The molecule has 0 saturated carbocycles. The van der Waals surface area contributed by atoms with Crippen LogP contribution in [0.4, 0.5) is 0 Å². The zero-order valence-electron chi connectivity index (χ0n) is 9.15. The van der Waals surface area contributed by atoms with Gasteiger partial charge in [-0.25, -0.2) is 9.59 Å². The number of hydrogen-bond acceptors (Lipinski definition) is 4. The number of carbonyl (C=O) groups is 2. The van der Waals surface area contributed by atoms with Crippen LogP contribution in [0.15, 0.2) is 0 Å². The van der Waals surface area contributed by atoms with Crippen LogP contribution in [-0.2, 0) is 19.1 Å². The van der Waals surface area contributed by atoms with E-state index < -0.39 is 29.7 Å². The van der Waals surface area contributed by atoms with Crippen LogP contribution in [0.25, 0.3) is 0 Å². The largest absolute Gasteiger partial charge is 0.479 e. The highest BCUT2D eigenvalue weighted by Gasteiger charge is 2.36. The third-order valence-corrected chi connectivity index (χ3v) is 1.96. The molecule has 5 nitrogen and oxygen atoms in total. The minimum absolute atomic E-state index is 0.360. The molecule has 2 atom stereocenters. The lowest BCUT2D eigenvalue weighted by molar-refractivity contribution is -0.170. The zero-order chi connectivity index (χ0) is 11.6. The Labute approximate surface area is 88.4 Å². The van der Waals surface area contributed by atoms with Crippen molar-refractivity contribution in [2.75, 3.05) is 0 Å². The number of carbonyl (C=O) groups excluding carboxylic acids is 1. The summed E-state index contributed by atoms with van der Waals surface area (Å²) in [4.78, 5) is 22.1. The Hall–Kier alpha value is -1.10. The van der Waals surface area contributed by atoms with E-state index in [9.17, 15) is 9.59 Å². The highest BCUT2D eigenvalue weighted by atomic mass is 16.6. The van der Waals surface area contributed by atoms with Crippen LogP contribution >= 0.6 is 0 Å². The van der Waals surface area contributed by atoms with E-state index in [-0.39, 0.29) is 0 Å². The van der Waals surface area contributed by atoms with Crippen molar-refractivity contribution in [1.29, 1.82) is 0 Å². The summed E-state index contributed by atoms with van der Waals surface area (Å²) in [7, 11) is 0. The molecule has 0 aromatic heterocycles. The number of aliphatic carboxylic acids is 1. The van der Waals surface area contributed by atoms with Gasteiger partial charge in [-0.1, -0.05) is 0 Å². The second-order valence-electron chi connectivity index (χ2n) is 4.56. The van der Waals surface area contributed by atoms with Gasteiger partial charge >= 0.3 is 11.9 Å². The summed E-state index contributed by atoms with van der Waals surface area (Å²) in [6, 6.07) is 0. The molecule has 1 fully saturated rings. The van der Waals surface area contributed by atoms with Gasteiger partial charge < -0.3 is 14.6 Å². The van der Waals surface area contributed by atoms with Crippen molar-refractivity contribution in [2.45, 2.75) is 51.4 Å². The van der Waals surface area contributed by atoms with Gasteiger partial charge in [0.2, 0.25) is 0 Å². The molecule has 1 N–H and O–H groups in total. The van der Waals surface area contributed by atoms with Crippen molar-refractivity contribution >= 4 is 11.9 Å². The van der Waals surface area contributed by atoms with Crippen LogP contribution in [0.2, 0.25) is 0 Å². The van der Waals surface area contributed by atoms with E-state index in [0.717, 1.165) is 0 Å². The van der Waals surface area contributed by atoms with Gasteiger partial charge in [0.1, 0.15) is 5.60 Å². The maximum absolute atomic E-state index is 11.5. The van der Waals surface area contributed by atoms with Crippen LogP contribution in [0.5, 0.6) is 0 Å². The van der Waals surface area contributed by atoms with Gasteiger partial charge in [0.25, 0.3) is 0 Å². The number of ether oxygens (including phenoxy) is 2. The summed E-state index contributed by atoms with van der Waals surface area (Å²) in [5, 5.41) is 8.67. The van der Waals surface area contributed by atoms with E-state index in [1.54, 1.807) is 20.8 Å². The molecule has 0 spiro atoms. The molecule has 1 aliphatic heterocycles. The van der Waals surface area contributed by atoms with Crippen LogP contribution in [-0.4, -0.2) is 34.9 Å². The molecule has 0 aliphatic carbocycles. The Bertz CT molecular complexity index is 265. The molecular formula is C10H16O5. The van der Waals surface area contributed by atoms with E-state index in [4.69, 9.17) is 14.6 Å². The fourth-order valence-electron chi connectivity index (χ4n) is 1.36. The summed E-state index contributed by atoms with van der Waals surface area (Å²) in [6.45, 7) is 5.28. The Morgan fingerprint density at radius 3 is 2.20 bits per heavy atom. The van der Waals surface area contributed by atoms with Gasteiger partial charge in [-0.05, 0) is 33.6 Å². The molecule has 0 radical (unpaired) electrons. The first-order valence-corrected chi connectivity index (χ1v) is 4.91. The number of esters is 1. The Balaban J connectivity index is 2.47. The monoisotopic (exact) mass is 216 g/mol. The molecule has 1 aliphatic rings. The Morgan fingerprint density at radius 2 is 1.80 bits per heavy atom. The lowest BCUT2D eigenvalue weighted by Crippen LogP contribution is -2.32. The quantitative estimate of drug-likeness (QED) is 0.696. The average molecular weight is 216 g/mol. The molecule has 0 unspecified atom stereocenters. The Kier molecular flexibility index (Phi) is 3.34. The fourth-order valence-corrected chi connectivity index (χ4v) is 1.36. The summed E-state index contributed by atoms with van der Waals surface area (Å²) in [5.74, 6) is -1.51. The second kappa shape index (κ2) is 4.18. The number of carboxylic acids is 1. The molecule has 5 heteroatoms.